The predicted octanol–water partition coefficient (Wildman–Crippen LogP) is 3.45. The number of para-hydroxylation sites is 3. The van der Waals surface area contributed by atoms with Crippen LogP contribution in [0.1, 0.15) is 0 Å². The summed E-state index contributed by atoms with van der Waals surface area (Å²) in [7, 11) is -2.21. The number of hydrogen-bond acceptors (Lipinski definition) is 8. The monoisotopic (exact) mass is 500 g/mol. The third-order valence-electron chi connectivity index (χ3n) is 6.51. The maximum Gasteiger partial charge on any atom is 0.229 e. The Labute approximate surface area is 208 Å². The number of fused-ring (bicyclic) bond motifs is 3. The van der Waals surface area contributed by atoms with Crippen molar-refractivity contribution in [1.82, 2.24) is 19.8 Å². The van der Waals surface area contributed by atoms with Crippen LogP contribution >= 0.6 is 0 Å². The lowest BCUT2D eigenvalue weighted by molar-refractivity contribution is 0.413. The van der Waals surface area contributed by atoms with Crippen LogP contribution in [0.3, 0.4) is 0 Å². The van der Waals surface area contributed by atoms with Crippen LogP contribution in [0.2, 0.25) is 0 Å². The first-order chi connectivity index (χ1) is 17.6. The Morgan fingerprint density at radius 1 is 0.806 bits per heavy atom. The van der Waals surface area contributed by atoms with Gasteiger partial charge in [0.2, 0.25) is 14.9 Å². The van der Waals surface area contributed by atoms with Crippen molar-refractivity contribution in [1.29, 1.82) is 0 Å². The van der Waals surface area contributed by atoms with Crippen LogP contribution in [0.5, 0.6) is 5.75 Å². The first-order valence-corrected chi connectivity index (χ1v) is 13.1. The quantitative estimate of drug-likeness (QED) is 0.362. The fraction of sp³-hybridized carbons (Fsp3) is 0.192. The van der Waals surface area contributed by atoms with Crippen LogP contribution in [0.25, 0.3) is 16.6 Å². The fourth-order valence-electron chi connectivity index (χ4n) is 4.70. The molecule has 10 heteroatoms. The van der Waals surface area contributed by atoms with Crippen LogP contribution in [-0.4, -0.2) is 61.5 Å². The Balaban J connectivity index is 1.42. The largest absolute Gasteiger partial charge is 0.495 e. The van der Waals surface area contributed by atoms with Crippen molar-refractivity contribution in [2.75, 3.05) is 43.1 Å². The Morgan fingerprint density at radius 2 is 1.47 bits per heavy atom. The van der Waals surface area contributed by atoms with Gasteiger partial charge < -0.3 is 14.5 Å². The summed E-state index contributed by atoms with van der Waals surface area (Å²) in [6.07, 6.45) is 0. The molecule has 0 unspecified atom stereocenters. The van der Waals surface area contributed by atoms with Gasteiger partial charge in [0.1, 0.15) is 11.6 Å². The van der Waals surface area contributed by atoms with Crippen LogP contribution < -0.4 is 14.5 Å². The molecule has 182 valence electrons. The Morgan fingerprint density at radius 3 is 2.25 bits per heavy atom. The number of anilines is 2. The van der Waals surface area contributed by atoms with Gasteiger partial charge in [-0.15, -0.1) is 5.10 Å². The standard InChI is InChI=1S/C26H24N6O3S/c1-35-23-14-8-7-13-22(23)30-15-17-31(18-16-30)24-20-11-5-6-12-21(20)32-25(27-24)26(28-29-32)36(33,34)19-9-3-2-4-10-19/h2-14H,15-18H2,1H3. The number of nitrogens with zero attached hydrogens (tertiary/aromatic N) is 6. The predicted molar refractivity (Wildman–Crippen MR) is 138 cm³/mol. The van der Waals surface area contributed by atoms with E-state index in [1.54, 1.807) is 37.4 Å². The number of piperazine rings is 1. The lowest BCUT2D eigenvalue weighted by Gasteiger charge is -2.37. The maximum atomic E-state index is 13.4. The highest BCUT2D eigenvalue weighted by atomic mass is 32.2. The molecule has 36 heavy (non-hydrogen) atoms. The Kier molecular flexibility index (Phi) is 5.45. The van der Waals surface area contributed by atoms with Gasteiger partial charge in [0.25, 0.3) is 0 Å². The van der Waals surface area contributed by atoms with Crippen molar-refractivity contribution in [2.24, 2.45) is 0 Å². The summed E-state index contributed by atoms with van der Waals surface area (Å²) in [6.45, 7) is 2.98. The maximum absolute atomic E-state index is 13.4. The van der Waals surface area contributed by atoms with Crippen molar-refractivity contribution < 1.29 is 13.2 Å². The van der Waals surface area contributed by atoms with Crippen molar-refractivity contribution >= 4 is 37.9 Å². The molecule has 3 heterocycles. The van der Waals surface area contributed by atoms with Crippen LogP contribution in [-0.2, 0) is 9.84 Å². The van der Waals surface area contributed by atoms with Gasteiger partial charge in [-0.3, -0.25) is 0 Å². The first-order valence-electron chi connectivity index (χ1n) is 11.6. The molecule has 1 aliphatic heterocycles. The normalized spacial score (nSPS) is 14.5. The van der Waals surface area contributed by atoms with E-state index in [1.165, 1.54) is 4.52 Å². The van der Waals surface area contributed by atoms with Gasteiger partial charge in [-0.1, -0.05) is 47.7 Å². The zero-order chi connectivity index (χ0) is 24.7. The third kappa shape index (κ3) is 3.61. The zero-order valence-electron chi connectivity index (χ0n) is 19.7. The van der Waals surface area contributed by atoms with E-state index in [0.29, 0.717) is 13.1 Å². The van der Waals surface area contributed by atoms with Crippen LogP contribution in [0, 0.1) is 0 Å². The lowest BCUT2D eigenvalue weighted by Crippen LogP contribution is -2.47. The second kappa shape index (κ2) is 8.80. The van der Waals surface area contributed by atoms with Gasteiger partial charge in [-0.05, 0) is 36.4 Å². The molecule has 5 aromatic rings. The molecule has 0 radical (unpaired) electrons. The zero-order valence-corrected chi connectivity index (χ0v) is 20.5. The van der Waals surface area contributed by atoms with E-state index in [0.717, 1.165) is 41.2 Å². The van der Waals surface area contributed by atoms with Gasteiger partial charge in [0, 0.05) is 31.6 Å². The van der Waals surface area contributed by atoms with Crippen LogP contribution in [0.4, 0.5) is 11.5 Å². The average Bonchev–Trinajstić information content (AvgIpc) is 3.38. The highest BCUT2D eigenvalue weighted by molar-refractivity contribution is 7.91. The van der Waals surface area contributed by atoms with E-state index in [1.807, 2.05) is 42.5 Å². The molecule has 3 aromatic carbocycles. The van der Waals surface area contributed by atoms with E-state index < -0.39 is 9.84 Å². The minimum Gasteiger partial charge on any atom is -0.495 e. The third-order valence-corrected chi connectivity index (χ3v) is 8.18. The van der Waals surface area contributed by atoms with E-state index >= 15 is 0 Å². The molecule has 0 atom stereocenters. The molecule has 1 aliphatic rings. The molecule has 1 saturated heterocycles. The average molecular weight is 501 g/mol. The summed E-state index contributed by atoms with van der Waals surface area (Å²) in [6, 6.07) is 24.0. The number of benzene rings is 3. The molecule has 0 aliphatic carbocycles. The number of rotatable bonds is 5. The highest BCUT2D eigenvalue weighted by Crippen LogP contribution is 2.32. The molecule has 0 spiro atoms. The molecule has 0 saturated carbocycles. The van der Waals surface area contributed by atoms with Gasteiger partial charge in [-0.25, -0.2) is 13.4 Å². The second-order valence-electron chi connectivity index (χ2n) is 8.54. The van der Waals surface area contributed by atoms with Crippen molar-refractivity contribution in [3.05, 3.63) is 78.9 Å². The van der Waals surface area contributed by atoms with E-state index in [2.05, 4.69) is 26.2 Å². The SMILES string of the molecule is COc1ccccc1N1CCN(c2nc3c(S(=O)(=O)c4ccccc4)nnn3c3ccccc23)CC1. The van der Waals surface area contributed by atoms with Crippen molar-refractivity contribution in [3.8, 4) is 5.75 Å². The van der Waals surface area contributed by atoms with Gasteiger partial charge in [0.05, 0.1) is 23.2 Å². The molecule has 1 fully saturated rings. The minimum absolute atomic E-state index is 0.145. The molecule has 9 nitrogen and oxygen atoms in total. The summed E-state index contributed by atoms with van der Waals surface area (Å²) in [4.78, 5) is 9.50. The molecule has 0 bridgehead atoms. The van der Waals surface area contributed by atoms with Gasteiger partial charge in [0.15, 0.2) is 5.65 Å². The number of sulfone groups is 1. The molecule has 2 aromatic heterocycles. The Bertz CT molecular complexity index is 1660. The van der Waals surface area contributed by atoms with Gasteiger partial charge >= 0.3 is 0 Å². The topological polar surface area (TPSA) is 92.9 Å². The summed E-state index contributed by atoms with van der Waals surface area (Å²) in [5.74, 6) is 1.57. The highest BCUT2D eigenvalue weighted by Gasteiger charge is 2.29. The number of hydrogen-bond donors (Lipinski definition) is 0. The van der Waals surface area contributed by atoms with Crippen LogP contribution in [0.15, 0.2) is 88.8 Å². The second-order valence-corrected chi connectivity index (χ2v) is 10.4. The fourth-order valence-corrected chi connectivity index (χ4v) is 5.96. The number of methoxy groups -OCH3 is 1. The summed E-state index contributed by atoms with van der Waals surface area (Å²) >= 11 is 0. The molecule has 0 N–H and O–H groups in total. The van der Waals surface area contributed by atoms with E-state index in [9.17, 15) is 8.42 Å². The first kappa shape index (κ1) is 22.3. The molecule has 0 amide bonds. The van der Waals surface area contributed by atoms with Crippen molar-refractivity contribution in [2.45, 2.75) is 9.92 Å². The van der Waals surface area contributed by atoms with E-state index in [-0.39, 0.29) is 15.6 Å². The summed E-state index contributed by atoms with van der Waals surface area (Å²) < 4.78 is 33.9. The van der Waals surface area contributed by atoms with Gasteiger partial charge in [-0.2, -0.15) is 4.52 Å². The summed E-state index contributed by atoms with van der Waals surface area (Å²) in [5, 5.41) is 9.00. The minimum atomic E-state index is -3.89. The Hall–Kier alpha value is -4.18. The van der Waals surface area contributed by atoms with E-state index in [4.69, 9.17) is 9.72 Å². The molecular formula is C26H24N6O3S. The number of aromatic nitrogens is 4. The smallest absolute Gasteiger partial charge is 0.229 e. The number of ether oxygens (including phenoxy) is 1. The van der Waals surface area contributed by atoms with Crippen molar-refractivity contribution in [3.63, 3.8) is 0 Å². The summed E-state index contributed by atoms with van der Waals surface area (Å²) in [5.41, 5.74) is 2.04. The lowest BCUT2D eigenvalue weighted by atomic mass is 10.2. The molecular weight excluding hydrogens is 476 g/mol. The molecule has 6 rings (SSSR count).